The molecule has 1 saturated heterocycles. The molecule has 1 saturated carbocycles. The van der Waals surface area contributed by atoms with Crippen LogP contribution in [0.2, 0.25) is 0 Å². The summed E-state index contributed by atoms with van der Waals surface area (Å²) in [5, 5.41) is 10.8. The lowest BCUT2D eigenvalue weighted by Crippen LogP contribution is -2.36. The van der Waals surface area contributed by atoms with Crippen molar-refractivity contribution in [2.45, 2.75) is 38.6 Å². The molecule has 3 heterocycles. The average molecular weight is 432 g/mol. The fourth-order valence-electron chi connectivity index (χ4n) is 5.79. The second kappa shape index (κ2) is 8.94. The fourth-order valence-corrected chi connectivity index (χ4v) is 5.79. The number of nitrogens with one attached hydrogen (secondary N) is 3. The van der Waals surface area contributed by atoms with Crippen molar-refractivity contribution in [3.63, 3.8) is 0 Å². The van der Waals surface area contributed by atoms with E-state index in [1.165, 1.54) is 24.0 Å². The molecule has 2 atom stereocenters. The van der Waals surface area contributed by atoms with Gasteiger partial charge in [-0.1, -0.05) is 24.3 Å². The smallest absolute Gasteiger partial charge is 0.254 e. The highest BCUT2D eigenvalue weighted by molar-refractivity contribution is 6.06. The van der Waals surface area contributed by atoms with Crippen LogP contribution < -0.4 is 16.0 Å². The summed E-state index contributed by atoms with van der Waals surface area (Å²) in [5.41, 5.74) is 5.07. The Kier molecular flexibility index (Phi) is 5.87. The quantitative estimate of drug-likeness (QED) is 0.532. The van der Waals surface area contributed by atoms with Crippen LogP contribution in [0.1, 0.15) is 47.2 Å². The first-order chi connectivity index (χ1) is 15.7. The lowest BCUT2D eigenvalue weighted by molar-refractivity contribution is 0.0954. The van der Waals surface area contributed by atoms with Crippen molar-refractivity contribution < 1.29 is 4.79 Å². The Balaban J connectivity index is 1.22. The van der Waals surface area contributed by atoms with Crippen LogP contribution in [0, 0.1) is 11.8 Å². The molecule has 0 radical (unpaired) electrons. The van der Waals surface area contributed by atoms with Gasteiger partial charge >= 0.3 is 0 Å². The van der Waals surface area contributed by atoms with E-state index in [-0.39, 0.29) is 5.91 Å². The van der Waals surface area contributed by atoms with Crippen LogP contribution in [0.4, 0.5) is 5.69 Å². The molecule has 2 bridgehead atoms. The Hall–Kier alpha value is -2.86. The van der Waals surface area contributed by atoms with Gasteiger partial charge in [-0.3, -0.25) is 4.79 Å². The van der Waals surface area contributed by atoms with Gasteiger partial charge in [0.05, 0.1) is 11.3 Å². The van der Waals surface area contributed by atoms with Gasteiger partial charge in [0, 0.05) is 37.9 Å². The molecule has 1 amide bonds. The molecular formula is C26H33N5O. The van der Waals surface area contributed by atoms with Gasteiger partial charge in [0.1, 0.15) is 5.65 Å². The first-order valence-electron chi connectivity index (χ1n) is 11.9. The molecule has 1 aliphatic heterocycles. The minimum absolute atomic E-state index is 0.0871. The van der Waals surface area contributed by atoms with Crippen molar-refractivity contribution in [1.82, 2.24) is 20.2 Å². The zero-order valence-electron chi connectivity index (χ0n) is 19.0. The van der Waals surface area contributed by atoms with E-state index in [1.54, 1.807) is 6.20 Å². The highest BCUT2D eigenvalue weighted by atomic mass is 16.1. The number of aromatic nitrogens is 2. The maximum atomic E-state index is 12.9. The molecule has 1 aromatic carbocycles. The number of benzene rings is 1. The number of piperidine rings is 1. The number of aryl methyl sites for hydroxylation is 1. The Morgan fingerprint density at radius 3 is 2.59 bits per heavy atom. The standard InChI is InChI=1S/C26H33N5O/c1-3-31-13-11-21-24(27-2)22(16-30-25(21)31)26(32)29-12-10-17-4-6-18(7-5-17)23-19-8-9-20(23)15-28-14-19/h4-7,11,13,16,19-20,23,28H,3,8-10,12,14-15H2,1-2H3,(H,27,30)(H,29,32). The molecule has 1 aliphatic carbocycles. The maximum Gasteiger partial charge on any atom is 0.254 e. The predicted octanol–water partition coefficient (Wildman–Crippen LogP) is 3.78. The number of pyridine rings is 1. The van der Waals surface area contributed by atoms with Crippen molar-refractivity contribution in [3.8, 4) is 0 Å². The number of carbonyl (C=O) groups is 1. The second-order valence-electron chi connectivity index (χ2n) is 9.16. The predicted molar refractivity (Wildman–Crippen MR) is 129 cm³/mol. The summed E-state index contributed by atoms with van der Waals surface area (Å²) >= 11 is 0. The molecule has 2 fully saturated rings. The number of anilines is 1. The molecule has 32 heavy (non-hydrogen) atoms. The van der Waals surface area contributed by atoms with Crippen LogP contribution in [0.25, 0.3) is 11.0 Å². The van der Waals surface area contributed by atoms with E-state index in [0.29, 0.717) is 12.1 Å². The van der Waals surface area contributed by atoms with Gasteiger partial charge in [0.15, 0.2) is 0 Å². The number of rotatable bonds is 7. The zero-order chi connectivity index (χ0) is 22.1. The van der Waals surface area contributed by atoms with Gasteiger partial charge in [0.2, 0.25) is 0 Å². The van der Waals surface area contributed by atoms with Crippen molar-refractivity contribution in [2.24, 2.45) is 11.8 Å². The summed E-state index contributed by atoms with van der Waals surface area (Å²) in [6.45, 7) is 5.86. The first kappa shape index (κ1) is 21.0. The number of hydrogen-bond acceptors (Lipinski definition) is 4. The molecule has 6 heteroatoms. The molecule has 2 aliphatic rings. The second-order valence-corrected chi connectivity index (χ2v) is 9.16. The summed E-state index contributed by atoms with van der Waals surface area (Å²) in [7, 11) is 1.85. The van der Waals surface area contributed by atoms with E-state index >= 15 is 0 Å². The molecule has 2 unspecified atom stereocenters. The van der Waals surface area contributed by atoms with Gasteiger partial charge in [-0.05, 0) is 74.2 Å². The molecule has 2 aromatic heterocycles. The maximum absolute atomic E-state index is 12.9. The normalized spacial score (nSPS) is 22.2. The fraction of sp³-hybridized carbons (Fsp3) is 0.462. The van der Waals surface area contributed by atoms with E-state index in [4.69, 9.17) is 0 Å². The molecule has 0 spiro atoms. The van der Waals surface area contributed by atoms with E-state index in [0.717, 1.165) is 60.5 Å². The molecule has 6 nitrogen and oxygen atoms in total. The highest BCUT2D eigenvalue weighted by Gasteiger charge is 2.39. The van der Waals surface area contributed by atoms with E-state index in [1.807, 2.05) is 19.3 Å². The van der Waals surface area contributed by atoms with Crippen LogP contribution in [0.15, 0.2) is 42.7 Å². The number of nitrogens with zero attached hydrogens (tertiary/aromatic N) is 2. The zero-order valence-corrected chi connectivity index (χ0v) is 19.0. The third-order valence-electron chi connectivity index (χ3n) is 7.42. The Morgan fingerprint density at radius 1 is 1.16 bits per heavy atom. The Morgan fingerprint density at radius 2 is 1.91 bits per heavy atom. The van der Waals surface area contributed by atoms with Crippen LogP contribution in [0.3, 0.4) is 0 Å². The molecule has 3 aromatic rings. The lowest BCUT2D eigenvalue weighted by atomic mass is 9.80. The monoisotopic (exact) mass is 431 g/mol. The van der Waals surface area contributed by atoms with Gasteiger partial charge in [-0.15, -0.1) is 0 Å². The van der Waals surface area contributed by atoms with Crippen molar-refractivity contribution in [1.29, 1.82) is 0 Å². The average Bonchev–Trinajstić information content (AvgIpc) is 3.35. The van der Waals surface area contributed by atoms with Crippen molar-refractivity contribution >= 4 is 22.6 Å². The van der Waals surface area contributed by atoms with Gasteiger partial charge in [-0.25, -0.2) is 4.98 Å². The first-order valence-corrected chi connectivity index (χ1v) is 11.9. The van der Waals surface area contributed by atoms with Crippen molar-refractivity contribution in [3.05, 3.63) is 59.4 Å². The lowest BCUT2D eigenvalue weighted by Gasteiger charge is -2.31. The molecule has 3 N–H and O–H groups in total. The third kappa shape index (κ3) is 3.77. The molecule has 5 rings (SSSR count). The highest BCUT2D eigenvalue weighted by Crippen LogP contribution is 2.45. The van der Waals surface area contributed by atoms with Gasteiger partial charge in [-0.2, -0.15) is 0 Å². The summed E-state index contributed by atoms with van der Waals surface area (Å²) in [4.78, 5) is 17.4. The Labute approximate surface area is 189 Å². The number of amides is 1. The van der Waals surface area contributed by atoms with Crippen LogP contribution in [-0.2, 0) is 13.0 Å². The summed E-state index contributed by atoms with van der Waals surface area (Å²) in [5.74, 6) is 2.21. The summed E-state index contributed by atoms with van der Waals surface area (Å²) < 4.78 is 2.08. The molecule has 168 valence electrons. The van der Waals surface area contributed by atoms with Crippen LogP contribution in [-0.4, -0.2) is 42.1 Å². The number of carbonyl (C=O) groups excluding carboxylic acids is 1. The van der Waals surface area contributed by atoms with Crippen LogP contribution in [0.5, 0.6) is 0 Å². The largest absolute Gasteiger partial charge is 0.387 e. The van der Waals surface area contributed by atoms with Crippen LogP contribution >= 0.6 is 0 Å². The third-order valence-corrected chi connectivity index (χ3v) is 7.42. The van der Waals surface area contributed by atoms with Gasteiger partial charge in [0.25, 0.3) is 5.91 Å². The SMILES string of the molecule is CCn1ccc2c(NC)c(C(=O)NCCc3ccc(C4C5CCC4CNC5)cc3)cnc21. The molecular weight excluding hydrogens is 398 g/mol. The topological polar surface area (TPSA) is 71.0 Å². The van der Waals surface area contributed by atoms with Crippen molar-refractivity contribution in [2.75, 3.05) is 32.0 Å². The number of hydrogen-bond donors (Lipinski definition) is 3. The summed E-state index contributed by atoms with van der Waals surface area (Å²) in [6.07, 6.45) is 7.22. The van der Waals surface area contributed by atoms with E-state index in [9.17, 15) is 4.79 Å². The Bertz CT molecular complexity index is 1090. The van der Waals surface area contributed by atoms with E-state index < -0.39 is 0 Å². The minimum atomic E-state index is -0.0871. The van der Waals surface area contributed by atoms with E-state index in [2.05, 4.69) is 56.7 Å². The summed E-state index contributed by atoms with van der Waals surface area (Å²) in [6, 6.07) is 11.1. The minimum Gasteiger partial charge on any atom is -0.387 e. The van der Waals surface area contributed by atoms with Gasteiger partial charge < -0.3 is 20.5 Å². The number of fused-ring (bicyclic) bond motifs is 3.